The summed E-state index contributed by atoms with van der Waals surface area (Å²) in [5.74, 6) is -0.0474. The summed E-state index contributed by atoms with van der Waals surface area (Å²) in [6.07, 6.45) is 0.135. The summed E-state index contributed by atoms with van der Waals surface area (Å²) >= 11 is 0. The summed E-state index contributed by atoms with van der Waals surface area (Å²) < 4.78 is 27.7. The van der Waals surface area contributed by atoms with Gasteiger partial charge < -0.3 is 9.80 Å². The topological polar surface area (TPSA) is 69.7 Å². The van der Waals surface area contributed by atoms with Gasteiger partial charge in [0, 0.05) is 45.3 Å². The summed E-state index contributed by atoms with van der Waals surface area (Å²) in [5.41, 5.74) is 3.81. The van der Waals surface area contributed by atoms with Gasteiger partial charge in [0.05, 0.1) is 4.90 Å². The molecule has 6 nitrogen and oxygen atoms in total. The number of nitrogens with zero attached hydrogens (tertiary/aromatic N) is 2. The third-order valence-electron chi connectivity index (χ3n) is 5.09. The Morgan fingerprint density at radius 3 is 2.64 bits per heavy atom. The number of para-hydroxylation sites is 1. The monoisotopic (exact) mass is 401 g/mol. The van der Waals surface area contributed by atoms with E-state index < -0.39 is 10.0 Å². The van der Waals surface area contributed by atoms with Crippen molar-refractivity contribution in [3.8, 4) is 0 Å². The first-order valence-corrected chi connectivity index (χ1v) is 10.9. The van der Waals surface area contributed by atoms with Crippen LogP contribution >= 0.6 is 0 Å². The predicted molar refractivity (Wildman–Crippen MR) is 111 cm³/mol. The highest BCUT2D eigenvalue weighted by atomic mass is 32.2. The lowest BCUT2D eigenvalue weighted by Gasteiger charge is -2.21. The summed E-state index contributed by atoms with van der Waals surface area (Å²) in [6.45, 7) is 5.62. The average Bonchev–Trinajstić information content (AvgIpc) is 2.83. The van der Waals surface area contributed by atoms with Crippen molar-refractivity contribution in [1.29, 1.82) is 0 Å². The maximum absolute atomic E-state index is 12.7. The number of benzene rings is 2. The first kappa shape index (κ1) is 20.4. The van der Waals surface area contributed by atoms with Crippen LogP contribution < -0.4 is 9.62 Å². The van der Waals surface area contributed by atoms with Crippen molar-refractivity contribution >= 4 is 21.6 Å². The zero-order chi connectivity index (χ0) is 20.3. The number of amides is 1. The molecule has 0 atom stereocenters. The molecule has 0 aliphatic carbocycles. The molecule has 28 heavy (non-hydrogen) atoms. The lowest BCUT2D eigenvalue weighted by Crippen LogP contribution is -2.36. The summed E-state index contributed by atoms with van der Waals surface area (Å²) in [5, 5.41) is 0. The first-order chi connectivity index (χ1) is 13.3. The maximum atomic E-state index is 12.7. The van der Waals surface area contributed by atoms with Gasteiger partial charge in [0.2, 0.25) is 15.9 Å². The van der Waals surface area contributed by atoms with Gasteiger partial charge in [-0.2, -0.15) is 0 Å². The van der Waals surface area contributed by atoms with Crippen molar-refractivity contribution < 1.29 is 13.2 Å². The predicted octanol–water partition coefficient (Wildman–Crippen LogP) is 2.45. The van der Waals surface area contributed by atoms with E-state index in [4.69, 9.17) is 0 Å². The van der Waals surface area contributed by atoms with Crippen molar-refractivity contribution in [3.05, 3.63) is 59.2 Å². The molecule has 2 aromatic rings. The second-order valence-electron chi connectivity index (χ2n) is 7.28. The zero-order valence-corrected chi connectivity index (χ0v) is 17.4. The number of hydrogen-bond donors (Lipinski definition) is 1. The summed E-state index contributed by atoms with van der Waals surface area (Å²) in [6, 6.07) is 13.4. The van der Waals surface area contributed by atoms with Crippen molar-refractivity contribution in [3.63, 3.8) is 0 Å². The Hall–Kier alpha value is -2.38. The van der Waals surface area contributed by atoms with Crippen molar-refractivity contribution in [2.45, 2.75) is 31.7 Å². The number of anilines is 1. The lowest BCUT2D eigenvalue weighted by atomic mass is 10.1. The highest BCUT2D eigenvalue weighted by Gasteiger charge is 2.22. The molecule has 0 unspecified atom stereocenters. The Morgan fingerprint density at radius 2 is 1.86 bits per heavy atom. The van der Waals surface area contributed by atoms with Crippen LogP contribution in [0.15, 0.2) is 47.4 Å². The molecule has 3 rings (SSSR count). The quantitative estimate of drug-likeness (QED) is 0.836. The molecule has 7 heteroatoms. The van der Waals surface area contributed by atoms with Crippen molar-refractivity contribution in [2.75, 3.05) is 31.6 Å². The van der Waals surface area contributed by atoms with Gasteiger partial charge in [-0.3, -0.25) is 4.79 Å². The smallest absolute Gasteiger partial charge is 0.240 e. The van der Waals surface area contributed by atoms with Gasteiger partial charge in [-0.05, 0) is 42.7 Å². The number of fused-ring (bicyclic) bond motifs is 1. The number of sulfonamides is 1. The molecule has 2 aromatic carbocycles. The molecule has 1 aliphatic heterocycles. The van der Waals surface area contributed by atoms with E-state index >= 15 is 0 Å². The number of rotatable bonds is 5. The van der Waals surface area contributed by atoms with Crippen LogP contribution in [0.25, 0.3) is 0 Å². The second kappa shape index (κ2) is 8.32. The third kappa shape index (κ3) is 4.54. The molecule has 0 bridgehead atoms. The van der Waals surface area contributed by atoms with E-state index in [0.717, 1.165) is 23.4 Å². The van der Waals surface area contributed by atoms with Crippen LogP contribution in [0.4, 0.5) is 5.69 Å². The van der Waals surface area contributed by atoms with E-state index in [1.807, 2.05) is 38.2 Å². The molecule has 0 spiro atoms. The Balaban J connectivity index is 1.62. The summed E-state index contributed by atoms with van der Waals surface area (Å²) in [7, 11) is -1.61. The minimum absolute atomic E-state index is 0.0474. The summed E-state index contributed by atoms with van der Waals surface area (Å²) in [4.78, 5) is 16.9. The number of likely N-dealkylation sites (N-methyl/N-ethyl adjacent to an activating group) is 1. The normalized spacial score (nSPS) is 14.5. The van der Waals surface area contributed by atoms with Gasteiger partial charge in [0.1, 0.15) is 0 Å². The first-order valence-electron chi connectivity index (χ1n) is 9.41. The van der Waals surface area contributed by atoms with E-state index in [1.54, 1.807) is 24.0 Å². The number of carbonyl (C=O) groups excluding carboxylic acids is 1. The van der Waals surface area contributed by atoms with Crippen LogP contribution in [0.3, 0.4) is 0 Å². The van der Waals surface area contributed by atoms with Crippen LogP contribution in [-0.2, 0) is 21.4 Å². The highest BCUT2D eigenvalue weighted by molar-refractivity contribution is 7.89. The number of nitrogens with one attached hydrogen (secondary N) is 1. The molecule has 0 fully saturated rings. The van der Waals surface area contributed by atoms with Gasteiger partial charge in [0.25, 0.3) is 0 Å². The van der Waals surface area contributed by atoms with E-state index in [9.17, 15) is 13.2 Å². The van der Waals surface area contributed by atoms with Crippen LogP contribution in [0, 0.1) is 13.8 Å². The molecule has 0 saturated heterocycles. The fourth-order valence-corrected chi connectivity index (χ4v) is 4.79. The van der Waals surface area contributed by atoms with Crippen LogP contribution in [0.2, 0.25) is 0 Å². The van der Waals surface area contributed by atoms with Gasteiger partial charge >= 0.3 is 0 Å². The molecular weight excluding hydrogens is 374 g/mol. The highest BCUT2D eigenvalue weighted by Crippen LogP contribution is 2.24. The van der Waals surface area contributed by atoms with E-state index in [-0.39, 0.29) is 23.8 Å². The fraction of sp³-hybridized carbons (Fsp3) is 0.381. The number of aryl methyl sites for hydroxylation is 2. The molecule has 1 aliphatic rings. The molecular formula is C21H27N3O3S. The molecule has 1 amide bonds. The van der Waals surface area contributed by atoms with E-state index in [0.29, 0.717) is 18.7 Å². The van der Waals surface area contributed by atoms with Gasteiger partial charge in [-0.25, -0.2) is 13.1 Å². The van der Waals surface area contributed by atoms with Crippen molar-refractivity contribution in [2.24, 2.45) is 0 Å². The average molecular weight is 402 g/mol. The minimum atomic E-state index is -3.63. The lowest BCUT2D eigenvalue weighted by molar-refractivity contribution is -0.131. The van der Waals surface area contributed by atoms with Crippen LogP contribution in [0.5, 0.6) is 0 Å². The third-order valence-corrected chi connectivity index (χ3v) is 6.69. The number of hydrogen-bond acceptors (Lipinski definition) is 4. The van der Waals surface area contributed by atoms with Gasteiger partial charge in [-0.1, -0.05) is 30.3 Å². The molecule has 1 N–H and O–H groups in total. The Labute approximate surface area is 167 Å². The molecule has 0 radical (unpaired) electrons. The van der Waals surface area contributed by atoms with Gasteiger partial charge in [0.15, 0.2) is 0 Å². The standard InChI is InChI=1S/C21H27N3O3S/c1-16-8-9-17(2)20(14-16)28(26,27)22-11-10-21(25)24-13-12-23(3)19-7-5-4-6-18(19)15-24/h4-9,14,22H,10-13,15H2,1-3H3. The maximum Gasteiger partial charge on any atom is 0.240 e. The van der Waals surface area contributed by atoms with Crippen LogP contribution in [0.1, 0.15) is 23.1 Å². The minimum Gasteiger partial charge on any atom is -0.373 e. The Kier molecular flexibility index (Phi) is 6.05. The van der Waals surface area contributed by atoms with E-state index in [2.05, 4.69) is 15.7 Å². The van der Waals surface area contributed by atoms with E-state index in [1.165, 1.54) is 0 Å². The SMILES string of the molecule is Cc1ccc(C)c(S(=O)(=O)NCCC(=O)N2CCN(C)c3ccccc3C2)c1. The second-order valence-corrected chi connectivity index (χ2v) is 9.02. The number of carbonyl (C=O) groups is 1. The molecule has 0 saturated carbocycles. The Bertz CT molecular complexity index is 973. The zero-order valence-electron chi connectivity index (χ0n) is 16.6. The largest absolute Gasteiger partial charge is 0.373 e. The fourth-order valence-electron chi connectivity index (χ4n) is 3.43. The van der Waals surface area contributed by atoms with Gasteiger partial charge in [-0.15, -0.1) is 0 Å². The van der Waals surface area contributed by atoms with Crippen molar-refractivity contribution in [1.82, 2.24) is 9.62 Å². The molecule has 150 valence electrons. The molecule has 0 aromatic heterocycles. The van der Waals surface area contributed by atoms with Crippen LogP contribution in [-0.4, -0.2) is 45.9 Å². The molecule has 1 heterocycles. The Morgan fingerprint density at radius 1 is 1.11 bits per heavy atom.